The molecule has 0 unspecified atom stereocenters. The van der Waals surface area contributed by atoms with E-state index in [9.17, 15) is 19.7 Å². The van der Waals surface area contributed by atoms with Crippen LogP contribution in [0.3, 0.4) is 0 Å². The summed E-state index contributed by atoms with van der Waals surface area (Å²) in [6.07, 6.45) is 3.13. The molecule has 140 valence electrons. The molecular weight excluding hydrogens is 336 g/mol. The molecule has 2 bridgehead atoms. The molecule has 0 heterocycles. The summed E-state index contributed by atoms with van der Waals surface area (Å²) < 4.78 is 4.63. The molecule has 1 aromatic rings. The highest BCUT2D eigenvalue weighted by Crippen LogP contribution is 2.65. The minimum absolute atomic E-state index is 0.000774. The average molecular weight is 360 g/mol. The van der Waals surface area contributed by atoms with Gasteiger partial charge in [0.25, 0.3) is 11.6 Å². The Morgan fingerprint density at radius 3 is 2.38 bits per heavy atom. The molecular formula is C19H24N2O5. The van der Waals surface area contributed by atoms with Gasteiger partial charge in [-0.25, -0.2) is 4.79 Å². The van der Waals surface area contributed by atoms with Crippen LogP contribution in [0.25, 0.3) is 0 Å². The Morgan fingerprint density at radius 1 is 1.23 bits per heavy atom. The van der Waals surface area contributed by atoms with Gasteiger partial charge in [0.2, 0.25) is 0 Å². The molecule has 7 heteroatoms. The molecule has 0 spiro atoms. The van der Waals surface area contributed by atoms with E-state index in [1.54, 1.807) is 0 Å². The highest BCUT2D eigenvalue weighted by Gasteiger charge is 2.61. The van der Waals surface area contributed by atoms with Crippen LogP contribution in [0, 0.1) is 26.9 Å². The number of non-ortho nitro benzene ring substituents is 1. The zero-order chi connectivity index (χ0) is 19.3. The van der Waals surface area contributed by atoms with Crippen LogP contribution >= 0.6 is 0 Å². The summed E-state index contributed by atoms with van der Waals surface area (Å²) in [5.41, 5.74) is -0.0723. The SMILES string of the molecule is COC(=O)c1cc(C(=O)N[C@@H]2C[C@H]3CC[C@@]2(C)C3(C)C)cc([N+](=O)[O-])c1. The van der Waals surface area contributed by atoms with Crippen molar-refractivity contribution in [3.63, 3.8) is 0 Å². The van der Waals surface area contributed by atoms with Gasteiger partial charge < -0.3 is 10.1 Å². The predicted octanol–water partition coefficient (Wildman–Crippen LogP) is 3.33. The van der Waals surface area contributed by atoms with E-state index in [0.29, 0.717) is 5.92 Å². The lowest BCUT2D eigenvalue weighted by atomic mass is 9.69. The summed E-state index contributed by atoms with van der Waals surface area (Å²) >= 11 is 0. The van der Waals surface area contributed by atoms with Crippen LogP contribution in [-0.4, -0.2) is 30.0 Å². The number of hydrogen-bond acceptors (Lipinski definition) is 5. The Bertz CT molecular complexity index is 788. The van der Waals surface area contributed by atoms with Crippen LogP contribution < -0.4 is 5.32 Å². The van der Waals surface area contributed by atoms with Crippen molar-refractivity contribution in [2.75, 3.05) is 7.11 Å². The van der Waals surface area contributed by atoms with Crippen molar-refractivity contribution in [2.45, 2.75) is 46.1 Å². The normalized spacial score (nSPS) is 28.6. The Kier molecular flexibility index (Phi) is 4.29. The highest BCUT2D eigenvalue weighted by molar-refractivity contribution is 5.99. The summed E-state index contributed by atoms with van der Waals surface area (Å²) in [5.74, 6) is -0.544. The monoisotopic (exact) mass is 360 g/mol. The highest BCUT2D eigenvalue weighted by atomic mass is 16.6. The number of fused-ring (bicyclic) bond motifs is 2. The van der Waals surface area contributed by atoms with Crippen LogP contribution in [0.4, 0.5) is 5.69 Å². The number of nitro benzene ring substituents is 1. The molecule has 1 N–H and O–H groups in total. The van der Waals surface area contributed by atoms with E-state index in [4.69, 9.17) is 0 Å². The fourth-order valence-corrected chi connectivity index (χ4v) is 4.75. The molecule has 2 aliphatic rings. The number of nitro groups is 1. The number of hydrogen-bond donors (Lipinski definition) is 1. The minimum Gasteiger partial charge on any atom is -0.465 e. The minimum atomic E-state index is -0.712. The molecule has 1 aromatic carbocycles. The van der Waals surface area contributed by atoms with Gasteiger partial charge in [-0.2, -0.15) is 0 Å². The van der Waals surface area contributed by atoms with Gasteiger partial charge in [-0.3, -0.25) is 14.9 Å². The van der Waals surface area contributed by atoms with Crippen LogP contribution in [0.5, 0.6) is 0 Å². The number of nitrogens with zero attached hydrogens (tertiary/aromatic N) is 1. The molecule has 2 saturated carbocycles. The van der Waals surface area contributed by atoms with Crippen molar-refractivity contribution >= 4 is 17.6 Å². The molecule has 1 amide bonds. The number of carbonyl (C=O) groups is 2. The maximum absolute atomic E-state index is 12.8. The summed E-state index contributed by atoms with van der Waals surface area (Å²) in [7, 11) is 1.19. The van der Waals surface area contributed by atoms with E-state index < -0.39 is 16.8 Å². The van der Waals surface area contributed by atoms with E-state index in [1.807, 2.05) is 0 Å². The second kappa shape index (κ2) is 6.07. The van der Waals surface area contributed by atoms with E-state index in [-0.39, 0.29) is 33.7 Å². The third kappa shape index (κ3) is 2.66. The predicted molar refractivity (Wildman–Crippen MR) is 94.9 cm³/mol. The van der Waals surface area contributed by atoms with Gasteiger partial charge in [0, 0.05) is 23.7 Å². The van der Waals surface area contributed by atoms with Gasteiger partial charge in [0.05, 0.1) is 17.6 Å². The van der Waals surface area contributed by atoms with Crippen molar-refractivity contribution in [3.05, 3.63) is 39.4 Å². The van der Waals surface area contributed by atoms with E-state index >= 15 is 0 Å². The second-order valence-corrected chi connectivity index (χ2v) is 8.15. The van der Waals surface area contributed by atoms with E-state index in [2.05, 4.69) is 30.8 Å². The summed E-state index contributed by atoms with van der Waals surface area (Å²) in [6.45, 7) is 6.71. The van der Waals surface area contributed by atoms with Crippen molar-refractivity contribution in [3.8, 4) is 0 Å². The number of rotatable bonds is 4. The molecule has 3 atom stereocenters. The van der Waals surface area contributed by atoms with E-state index in [1.165, 1.54) is 25.7 Å². The lowest BCUT2D eigenvalue weighted by Gasteiger charge is -2.39. The topological polar surface area (TPSA) is 98.5 Å². The van der Waals surface area contributed by atoms with Gasteiger partial charge in [-0.05, 0) is 42.1 Å². The molecule has 2 fully saturated rings. The largest absolute Gasteiger partial charge is 0.465 e. The van der Waals surface area contributed by atoms with Crippen molar-refractivity contribution in [1.29, 1.82) is 0 Å². The molecule has 0 aliphatic heterocycles. The number of carbonyl (C=O) groups excluding carboxylic acids is 2. The van der Waals surface area contributed by atoms with Crippen molar-refractivity contribution < 1.29 is 19.2 Å². The smallest absolute Gasteiger partial charge is 0.338 e. The van der Waals surface area contributed by atoms with Gasteiger partial charge >= 0.3 is 5.97 Å². The van der Waals surface area contributed by atoms with Gasteiger partial charge in [0.15, 0.2) is 0 Å². The standard InChI is InChI=1S/C19H24N2O5/c1-18(2)13-5-6-19(18,3)15(10-13)20-16(22)11-7-12(17(23)26-4)9-14(8-11)21(24)25/h7-9,13,15H,5-6,10H2,1-4H3,(H,20,22)/t13-,15-,19-/m1/s1. The Morgan fingerprint density at radius 2 is 1.88 bits per heavy atom. The van der Waals surface area contributed by atoms with Crippen molar-refractivity contribution in [1.82, 2.24) is 5.32 Å². The number of benzene rings is 1. The zero-order valence-electron chi connectivity index (χ0n) is 15.5. The number of amides is 1. The lowest BCUT2D eigenvalue weighted by Crippen LogP contribution is -2.46. The molecule has 26 heavy (non-hydrogen) atoms. The quantitative estimate of drug-likeness (QED) is 0.504. The first-order chi connectivity index (χ1) is 12.1. The summed E-state index contributed by atoms with van der Waals surface area (Å²) in [5, 5.41) is 14.2. The Hall–Kier alpha value is -2.44. The van der Waals surface area contributed by atoms with Crippen LogP contribution in [0.1, 0.15) is 60.7 Å². The fraction of sp³-hybridized carbons (Fsp3) is 0.579. The van der Waals surface area contributed by atoms with Gasteiger partial charge in [-0.1, -0.05) is 20.8 Å². The van der Waals surface area contributed by atoms with Crippen molar-refractivity contribution in [2.24, 2.45) is 16.7 Å². The lowest BCUT2D eigenvalue weighted by molar-refractivity contribution is -0.384. The summed E-state index contributed by atoms with van der Waals surface area (Å²) in [4.78, 5) is 35.1. The third-order valence-electron chi connectivity index (χ3n) is 6.91. The molecule has 0 aromatic heterocycles. The molecule has 0 saturated heterocycles. The second-order valence-electron chi connectivity index (χ2n) is 8.15. The van der Waals surface area contributed by atoms with Gasteiger partial charge in [0.1, 0.15) is 0 Å². The Labute approximate surface area is 152 Å². The number of esters is 1. The molecule has 7 nitrogen and oxygen atoms in total. The first kappa shape index (κ1) is 18.4. The van der Waals surface area contributed by atoms with Gasteiger partial charge in [-0.15, -0.1) is 0 Å². The van der Waals surface area contributed by atoms with Crippen LogP contribution in [0.15, 0.2) is 18.2 Å². The third-order valence-corrected chi connectivity index (χ3v) is 6.91. The average Bonchev–Trinajstić information content (AvgIpc) is 2.93. The maximum Gasteiger partial charge on any atom is 0.338 e. The van der Waals surface area contributed by atoms with Crippen LogP contribution in [-0.2, 0) is 4.74 Å². The molecule has 3 rings (SSSR count). The molecule has 0 radical (unpaired) electrons. The Balaban J connectivity index is 1.88. The first-order valence-corrected chi connectivity index (χ1v) is 8.79. The first-order valence-electron chi connectivity index (χ1n) is 8.79. The number of nitrogens with one attached hydrogen (secondary N) is 1. The molecule has 2 aliphatic carbocycles. The van der Waals surface area contributed by atoms with E-state index in [0.717, 1.165) is 18.9 Å². The number of methoxy groups -OCH3 is 1. The zero-order valence-corrected chi connectivity index (χ0v) is 15.5. The van der Waals surface area contributed by atoms with Crippen LogP contribution in [0.2, 0.25) is 0 Å². The fourth-order valence-electron chi connectivity index (χ4n) is 4.75. The summed E-state index contributed by atoms with van der Waals surface area (Å²) in [6, 6.07) is 3.67. The maximum atomic E-state index is 12.8. The number of ether oxygens (including phenoxy) is 1.